The minimum atomic E-state index is -0.519. The Bertz CT molecular complexity index is 900. The zero-order valence-electron chi connectivity index (χ0n) is 14.0. The lowest BCUT2D eigenvalue weighted by Gasteiger charge is -2.21. The number of carbonyl (C=O) groups excluding carboxylic acids is 1. The maximum absolute atomic E-state index is 13.7. The second-order valence-electron chi connectivity index (χ2n) is 5.81. The number of carbonyl (C=O) groups is 1. The second-order valence-corrected chi connectivity index (χ2v) is 6.66. The Labute approximate surface area is 157 Å². The van der Waals surface area contributed by atoms with Crippen LogP contribution in [0.3, 0.4) is 0 Å². The molecular weight excluding hydrogens is 409 g/mol. The minimum absolute atomic E-state index is 0.117. The number of urea groups is 1. The number of aryl methyl sites for hydroxylation is 1. The highest BCUT2D eigenvalue weighted by molar-refractivity contribution is 9.10. The number of rotatable bonds is 4. The molecule has 0 bridgehead atoms. The summed E-state index contributed by atoms with van der Waals surface area (Å²) in [7, 11) is 1.74. The summed E-state index contributed by atoms with van der Waals surface area (Å²) in [4.78, 5) is 24.0. The van der Waals surface area contributed by atoms with Gasteiger partial charge in [0.2, 0.25) is 5.43 Å². The summed E-state index contributed by atoms with van der Waals surface area (Å²) in [5.74, 6) is 0.218. The summed E-state index contributed by atoms with van der Waals surface area (Å²) in [5, 5.41) is 5.16. The smallest absolute Gasteiger partial charge is 0.319 e. The molecule has 1 aromatic heterocycles. The average Bonchev–Trinajstić information content (AvgIpc) is 2.59. The van der Waals surface area contributed by atoms with Crippen molar-refractivity contribution in [2.45, 2.75) is 13.0 Å². The van der Waals surface area contributed by atoms with Gasteiger partial charge in [-0.25, -0.2) is 9.18 Å². The third-order valence-electron chi connectivity index (χ3n) is 3.79. The molecule has 1 aromatic carbocycles. The predicted molar refractivity (Wildman–Crippen MR) is 96.8 cm³/mol. The Balaban J connectivity index is 1.61. The summed E-state index contributed by atoms with van der Waals surface area (Å²) in [6.45, 7) is 0.659. The Morgan fingerprint density at radius 1 is 1.38 bits per heavy atom. The molecule has 0 saturated heterocycles. The molecule has 0 saturated carbocycles. The summed E-state index contributed by atoms with van der Waals surface area (Å²) in [5.41, 5.74) is 1.14. The molecule has 2 heterocycles. The van der Waals surface area contributed by atoms with Gasteiger partial charge in [-0.1, -0.05) is 0 Å². The SMILES string of the molecule is Cn1cc(Br)c(=O)c(NC(=O)NCCc2cc(F)cc3c2OCOC3)c1. The molecule has 2 N–H and O–H groups in total. The molecule has 138 valence electrons. The third kappa shape index (κ3) is 4.23. The zero-order chi connectivity index (χ0) is 18.7. The molecule has 1 aliphatic rings. The van der Waals surface area contributed by atoms with Gasteiger partial charge in [-0.2, -0.15) is 0 Å². The number of pyridine rings is 1. The van der Waals surface area contributed by atoms with Gasteiger partial charge in [-0.15, -0.1) is 0 Å². The molecule has 2 amide bonds. The molecule has 3 rings (SSSR count). The predicted octanol–water partition coefficient (Wildman–Crippen LogP) is 2.52. The number of amides is 2. The van der Waals surface area contributed by atoms with Gasteiger partial charge in [0.15, 0.2) is 6.79 Å². The van der Waals surface area contributed by atoms with E-state index < -0.39 is 6.03 Å². The van der Waals surface area contributed by atoms with E-state index >= 15 is 0 Å². The van der Waals surface area contributed by atoms with E-state index in [-0.39, 0.29) is 30.3 Å². The highest BCUT2D eigenvalue weighted by Gasteiger charge is 2.17. The third-order valence-corrected chi connectivity index (χ3v) is 4.36. The first-order chi connectivity index (χ1) is 12.4. The van der Waals surface area contributed by atoms with Crippen molar-refractivity contribution in [2.24, 2.45) is 7.05 Å². The van der Waals surface area contributed by atoms with Crippen molar-refractivity contribution in [3.05, 3.63) is 56.2 Å². The number of hydrogen-bond acceptors (Lipinski definition) is 4. The van der Waals surface area contributed by atoms with E-state index in [1.54, 1.807) is 17.8 Å². The maximum atomic E-state index is 13.7. The van der Waals surface area contributed by atoms with E-state index in [2.05, 4.69) is 26.6 Å². The van der Waals surface area contributed by atoms with Crippen LogP contribution in [0.4, 0.5) is 14.9 Å². The highest BCUT2D eigenvalue weighted by atomic mass is 79.9. The fraction of sp³-hybridized carbons (Fsp3) is 0.294. The van der Waals surface area contributed by atoms with E-state index in [0.29, 0.717) is 34.4 Å². The van der Waals surface area contributed by atoms with Crippen molar-refractivity contribution in [2.75, 3.05) is 18.7 Å². The molecule has 0 radical (unpaired) electrons. The number of halogens is 2. The van der Waals surface area contributed by atoms with Crippen molar-refractivity contribution >= 4 is 27.6 Å². The van der Waals surface area contributed by atoms with Gasteiger partial charge < -0.3 is 24.7 Å². The zero-order valence-corrected chi connectivity index (χ0v) is 15.6. The Kier molecular flexibility index (Phi) is 5.58. The molecule has 7 nitrogen and oxygen atoms in total. The van der Waals surface area contributed by atoms with Crippen molar-refractivity contribution in [1.82, 2.24) is 9.88 Å². The van der Waals surface area contributed by atoms with Crippen LogP contribution < -0.4 is 20.8 Å². The van der Waals surface area contributed by atoms with Crippen LogP contribution >= 0.6 is 15.9 Å². The van der Waals surface area contributed by atoms with Gasteiger partial charge >= 0.3 is 6.03 Å². The van der Waals surface area contributed by atoms with Gasteiger partial charge in [0, 0.05) is 31.5 Å². The number of hydrogen-bond donors (Lipinski definition) is 2. The van der Waals surface area contributed by atoms with Gasteiger partial charge in [0.1, 0.15) is 17.3 Å². The molecule has 0 unspecified atom stereocenters. The van der Waals surface area contributed by atoms with Crippen LogP contribution in [0.5, 0.6) is 5.75 Å². The van der Waals surface area contributed by atoms with E-state index in [1.165, 1.54) is 18.3 Å². The lowest BCUT2D eigenvalue weighted by atomic mass is 10.1. The summed E-state index contributed by atoms with van der Waals surface area (Å²) in [6, 6.07) is 2.24. The van der Waals surface area contributed by atoms with Crippen LogP contribution in [0.1, 0.15) is 11.1 Å². The van der Waals surface area contributed by atoms with Crippen molar-refractivity contribution in [3.63, 3.8) is 0 Å². The molecule has 2 aromatic rings. The van der Waals surface area contributed by atoms with Crippen molar-refractivity contribution in [1.29, 1.82) is 0 Å². The van der Waals surface area contributed by atoms with Crippen LogP contribution in [0.2, 0.25) is 0 Å². The second kappa shape index (κ2) is 7.88. The highest BCUT2D eigenvalue weighted by Crippen LogP contribution is 2.29. The van der Waals surface area contributed by atoms with E-state index in [0.717, 1.165) is 0 Å². The Hall–Kier alpha value is -2.39. The van der Waals surface area contributed by atoms with Crippen molar-refractivity contribution in [3.8, 4) is 5.75 Å². The fourth-order valence-electron chi connectivity index (χ4n) is 2.67. The van der Waals surface area contributed by atoms with Gasteiger partial charge in [-0.05, 0) is 40.0 Å². The molecule has 1 aliphatic heterocycles. The Morgan fingerprint density at radius 2 is 2.19 bits per heavy atom. The van der Waals surface area contributed by atoms with E-state index in [9.17, 15) is 14.0 Å². The molecule has 0 fully saturated rings. The first kappa shape index (κ1) is 18.4. The standard InChI is InChI=1S/C17H17BrFN3O4/c1-22-6-13(18)15(23)14(7-22)21-17(24)20-3-2-10-4-12(19)5-11-8-25-9-26-16(10)11/h4-7H,2-3,8-9H2,1H3,(H2,20,21,24). The number of anilines is 1. The molecule has 0 aliphatic carbocycles. The van der Waals surface area contributed by atoms with Crippen molar-refractivity contribution < 1.29 is 18.7 Å². The van der Waals surface area contributed by atoms with Crippen LogP contribution in [0, 0.1) is 5.82 Å². The van der Waals surface area contributed by atoms with Crippen LogP contribution in [0.15, 0.2) is 33.8 Å². The van der Waals surface area contributed by atoms with Crippen LogP contribution in [0.25, 0.3) is 0 Å². The summed E-state index contributed by atoms with van der Waals surface area (Å²) < 4.78 is 26.3. The largest absolute Gasteiger partial charge is 0.467 e. The number of ether oxygens (including phenoxy) is 2. The normalized spacial score (nSPS) is 12.9. The van der Waals surface area contributed by atoms with Gasteiger partial charge in [0.05, 0.1) is 11.1 Å². The average molecular weight is 426 g/mol. The van der Waals surface area contributed by atoms with Crippen LogP contribution in [-0.2, 0) is 24.8 Å². The molecule has 26 heavy (non-hydrogen) atoms. The lowest BCUT2D eigenvalue weighted by Crippen LogP contribution is -2.32. The number of fused-ring (bicyclic) bond motifs is 1. The van der Waals surface area contributed by atoms with Crippen LogP contribution in [-0.4, -0.2) is 23.9 Å². The number of nitrogens with one attached hydrogen (secondary N) is 2. The fourth-order valence-corrected chi connectivity index (χ4v) is 3.21. The molecule has 9 heteroatoms. The molecular formula is C17H17BrFN3O4. The topological polar surface area (TPSA) is 81.6 Å². The Morgan fingerprint density at radius 3 is 3.00 bits per heavy atom. The minimum Gasteiger partial charge on any atom is -0.467 e. The summed E-state index contributed by atoms with van der Waals surface area (Å²) >= 11 is 3.15. The van der Waals surface area contributed by atoms with E-state index in [4.69, 9.17) is 9.47 Å². The lowest BCUT2D eigenvalue weighted by molar-refractivity contribution is -0.0172. The number of aromatic nitrogens is 1. The number of benzene rings is 1. The maximum Gasteiger partial charge on any atom is 0.319 e. The van der Waals surface area contributed by atoms with Gasteiger partial charge in [-0.3, -0.25) is 4.79 Å². The molecule has 0 atom stereocenters. The quantitative estimate of drug-likeness (QED) is 0.788. The first-order valence-electron chi connectivity index (χ1n) is 7.86. The van der Waals surface area contributed by atoms with Gasteiger partial charge in [0.25, 0.3) is 0 Å². The summed E-state index contributed by atoms with van der Waals surface area (Å²) in [6.07, 6.45) is 3.50. The first-order valence-corrected chi connectivity index (χ1v) is 8.66. The molecule has 0 spiro atoms. The monoisotopic (exact) mass is 425 g/mol. The number of nitrogens with zero attached hydrogens (tertiary/aromatic N) is 1. The van der Waals surface area contributed by atoms with E-state index in [1.807, 2.05) is 0 Å².